The van der Waals surface area contributed by atoms with Crippen molar-refractivity contribution in [2.24, 2.45) is 29.1 Å². The Morgan fingerprint density at radius 1 is 1.07 bits per heavy atom. The zero-order chi connectivity index (χ0) is 29.8. The number of ether oxygens (including phenoxy) is 4. The highest BCUT2D eigenvalue weighted by molar-refractivity contribution is 6.00. The summed E-state index contributed by atoms with van der Waals surface area (Å²) in [5.74, 6) is -1.20. The molecule has 0 aromatic heterocycles. The van der Waals surface area contributed by atoms with E-state index in [0.29, 0.717) is 50.0 Å². The quantitative estimate of drug-likeness (QED) is 0.414. The van der Waals surface area contributed by atoms with Gasteiger partial charge in [0.1, 0.15) is 16.8 Å². The number of piperidine rings is 1. The number of methoxy groups -OCH3 is 3. The minimum absolute atomic E-state index is 0.0142. The van der Waals surface area contributed by atoms with Crippen LogP contribution in [0.1, 0.15) is 56.3 Å². The van der Waals surface area contributed by atoms with Gasteiger partial charge >= 0.3 is 5.97 Å². The molecule has 7 rings (SSSR count). The normalized spacial score (nSPS) is 48.2. The molecule has 0 radical (unpaired) electrons. The number of hydrogen-bond acceptors (Lipinski definition) is 9. The summed E-state index contributed by atoms with van der Waals surface area (Å²) in [6, 6.07) is 6.55. The Morgan fingerprint density at radius 2 is 1.83 bits per heavy atom. The Bertz CT molecular complexity index is 1290. The van der Waals surface area contributed by atoms with Crippen LogP contribution in [0, 0.1) is 29.1 Å². The number of aliphatic hydroxyl groups is 2. The van der Waals surface area contributed by atoms with Crippen LogP contribution in [0.4, 0.5) is 5.69 Å². The average molecular weight is 585 g/mol. The smallest absolute Gasteiger partial charge is 0.340 e. The molecule has 42 heavy (non-hydrogen) atoms. The lowest BCUT2D eigenvalue weighted by Gasteiger charge is -2.70. The molecule has 1 saturated heterocycles. The van der Waals surface area contributed by atoms with Gasteiger partial charge < -0.3 is 34.5 Å². The second-order valence-corrected chi connectivity index (χ2v) is 13.7. The van der Waals surface area contributed by atoms with Gasteiger partial charge in [-0.3, -0.25) is 9.69 Å². The number of carbonyl (C=O) groups excluding carboxylic acids is 2. The van der Waals surface area contributed by atoms with Gasteiger partial charge in [-0.1, -0.05) is 19.1 Å². The number of anilines is 1. The SMILES string of the molecule is CCN1CC2(OC(=O)c3ccccc3NC(C)=O)CCC(OC)C34C5CC6C(OC)CC(O)(C5C6OC)C(O)(CC23)C14. The van der Waals surface area contributed by atoms with Crippen LogP contribution in [0.2, 0.25) is 0 Å². The highest BCUT2D eigenvalue weighted by atomic mass is 16.6. The van der Waals surface area contributed by atoms with E-state index in [1.54, 1.807) is 45.6 Å². The molecular formula is C32H44N2O8. The van der Waals surface area contributed by atoms with E-state index in [2.05, 4.69) is 17.1 Å². The number of benzene rings is 1. The first-order valence-corrected chi connectivity index (χ1v) is 15.4. The molecule has 1 amide bonds. The Labute approximate surface area is 247 Å². The van der Waals surface area contributed by atoms with Crippen molar-refractivity contribution in [3.8, 4) is 0 Å². The number of esters is 1. The van der Waals surface area contributed by atoms with Gasteiger partial charge in [0.15, 0.2) is 0 Å². The van der Waals surface area contributed by atoms with Gasteiger partial charge in [-0.25, -0.2) is 4.79 Å². The fraction of sp³-hybridized carbons (Fsp3) is 0.750. The Kier molecular flexibility index (Phi) is 6.46. The Hall–Kier alpha value is -2.08. The molecule has 7 bridgehead atoms. The van der Waals surface area contributed by atoms with Crippen molar-refractivity contribution in [2.75, 3.05) is 39.7 Å². The third-order valence-corrected chi connectivity index (χ3v) is 12.6. The Balaban J connectivity index is 1.38. The first-order chi connectivity index (χ1) is 20.1. The van der Waals surface area contributed by atoms with E-state index in [-0.39, 0.29) is 53.9 Å². The van der Waals surface area contributed by atoms with Crippen LogP contribution in [0.5, 0.6) is 0 Å². The van der Waals surface area contributed by atoms with Crippen LogP contribution in [0.3, 0.4) is 0 Å². The van der Waals surface area contributed by atoms with Crippen molar-refractivity contribution >= 4 is 17.6 Å². The molecule has 10 nitrogen and oxygen atoms in total. The van der Waals surface area contributed by atoms with E-state index >= 15 is 0 Å². The third kappa shape index (κ3) is 3.26. The van der Waals surface area contributed by atoms with Gasteiger partial charge in [-0.15, -0.1) is 0 Å². The molecule has 1 spiro atoms. The molecule has 1 aromatic rings. The number of rotatable bonds is 7. The third-order valence-electron chi connectivity index (χ3n) is 12.6. The van der Waals surface area contributed by atoms with Gasteiger partial charge in [0, 0.05) is 64.4 Å². The van der Waals surface area contributed by atoms with Crippen molar-refractivity contribution in [2.45, 2.75) is 87.1 Å². The molecule has 6 aliphatic rings. The van der Waals surface area contributed by atoms with Crippen LogP contribution in [0.25, 0.3) is 0 Å². The largest absolute Gasteiger partial charge is 0.454 e. The molecule has 1 aliphatic heterocycles. The lowest BCUT2D eigenvalue weighted by atomic mass is 9.44. The maximum Gasteiger partial charge on any atom is 0.340 e. The summed E-state index contributed by atoms with van der Waals surface area (Å²) in [4.78, 5) is 28.2. The van der Waals surface area contributed by atoms with Crippen LogP contribution in [0.15, 0.2) is 24.3 Å². The number of nitrogens with one attached hydrogen (secondary N) is 1. The Morgan fingerprint density at radius 3 is 2.50 bits per heavy atom. The van der Waals surface area contributed by atoms with Crippen molar-refractivity contribution in [3.05, 3.63) is 29.8 Å². The van der Waals surface area contributed by atoms with Gasteiger partial charge in [0.25, 0.3) is 0 Å². The summed E-state index contributed by atoms with van der Waals surface area (Å²) >= 11 is 0. The molecule has 1 aromatic carbocycles. The summed E-state index contributed by atoms with van der Waals surface area (Å²) in [5, 5.41) is 28.6. The predicted octanol–water partition coefficient (Wildman–Crippen LogP) is 2.22. The predicted molar refractivity (Wildman–Crippen MR) is 152 cm³/mol. The van der Waals surface area contributed by atoms with E-state index in [9.17, 15) is 19.8 Å². The van der Waals surface area contributed by atoms with E-state index in [1.165, 1.54) is 6.92 Å². The lowest BCUT2D eigenvalue weighted by molar-refractivity contribution is -0.319. The van der Waals surface area contributed by atoms with Crippen LogP contribution in [-0.4, -0.2) is 103 Å². The lowest BCUT2D eigenvalue weighted by Crippen LogP contribution is -2.82. The zero-order valence-corrected chi connectivity index (χ0v) is 25.2. The van der Waals surface area contributed by atoms with Gasteiger partial charge in [0.2, 0.25) is 5.91 Å². The fourth-order valence-corrected chi connectivity index (χ4v) is 11.6. The van der Waals surface area contributed by atoms with E-state index in [0.717, 1.165) is 6.42 Å². The number of likely N-dealkylation sites (N-methyl/N-ethyl adjacent to an activating group) is 1. The molecule has 3 N–H and O–H groups in total. The van der Waals surface area contributed by atoms with E-state index < -0.39 is 28.2 Å². The second-order valence-electron chi connectivity index (χ2n) is 13.7. The number of carbonyl (C=O) groups is 2. The van der Waals surface area contributed by atoms with Gasteiger partial charge in [0.05, 0.1) is 35.6 Å². The van der Waals surface area contributed by atoms with Crippen LogP contribution in [-0.2, 0) is 23.7 Å². The summed E-state index contributed by atoms with van der Waals surface area (Å²) in [5.41, 5.74) is -3.65. The molecule has 12 unspecified atom stereocenters. The average Bonchev–Trinajstić information content (AvgIpc) is 3.40. The minimum atomic E-state index is -1.47. The van der Waals surface area contributed by atoms with Crippen molar-refractivity contribution in [1.82, 2.24) is 4.90 Å². The van der Waals surface area contributed by atoms with Crippen molar-refractivity contribution in [3.63, 3.8) is 0 Å². The maximum atomic E-state index is 14.0. The molecular weight excluding hydrogens is 540 g/mol. The summed E-state index contributed by atoms with van der Waals surface area (Å²) in [7, 11) is 5.13. The minimum Gasteiger partial charge on any atom is -0.454 e. The molecule has 5 aliphatic carbocycles. The maximum absolute atomic E-state index is 14.0. The van der Waals surface area contributed by atoms with Crippen molar-refractivity contribution in [1.29, 1.82) is 0 Å². The second kappa shape index (κ2) is 9.46. The molecule has 10 heteroatoms. The first-order valence-electron chi connectivity index (χ1n) is 15.4. The summed E-state index contributed by atoms with van der Waals surface area (Å²) in [6.07, 6.45) is 2.04. The number of para-hydroxylation sites is 1. The summed E-state index contributed by atoms with van der Waals surface area (Å²) < 4.78 is 25.1. The molecule has 12 atom stereocenters. The topological polar surface area (TPSA) is 127 Å². The monoisotopic (exact) mass is 584 g/mol. The zero-order valence-electron chi connectivity index (χ0n) is 25.2. The van der Waals surface area contributed by atoms with E-state index in [1.807, 2.05) is 0 Å². The number of hydrogen-bond donors (Lipinski definition) is 3. The molecule has 1 heterocycles. The van der Waals surface area contributed by atoms with Crippen LogP contribution >= 0.6 is 0 Å². The van der Waals surface area contributed by atoms with Crippen molar-refractivity contribution < 1.29 is 38.7 Å². The fourth-order valence-electron chi connectivity index (χ4n) is 11.6. The van der Waals surface area contributed by atoms with Gasteiger partial charge in [-0.05, 0) is 50.3 Å². The number of likely N-dealkylation sites (tertiary alicyclic amines) is 1. The number of amides is 1. The highest BCUT2D eigenvalue weighted by Crippen LogP contribution is 2.79. The molecule has 5 saturated carbocycles. The van der Waals surface area contributed by atoms with Crippen LogP contribution < -0.4 is 5.32 Å². The molecule has 6 fully saturated rings. The summed E-state index contributed by atoms with van der Waals surface area (Å²) in [6.45, 7) is 4.56. The number of nitrogens with zero attached hydrogens (tertiary/aromatic N) is 1. The first kappa shape index (κ1) is 28.7. The number of fused-ring (bicyclic) bond motifs is 2. The van der Waals surface area contributed by atoms with E-state index in [4.69, 9.17) is 18.9 Å². The van der Waals surface area contributed by atoms with Gasteiger partial charge in [-0.2, -0.15) is 0 Å². The standard InChI is InChI=1S/C32H44N2O8/c1-6-34-16-29(42-27(36)18-9-7-8-10-21(18)33-17(2)35)12-11-24(40-4)32-20-13-19-22(39-3)14-30(37,25(20)26(19)41-5)31(38,28(32)34)15-23(29)32/h7-10,19-20,22-26,28,37-38H,6,11-16H2,1-5H3,(H,33,35). The highest BCUT2D eigenvalue weighted by Gasteiger charge is 2.89. The molecule has 230 valence electrons.